The van der Waals surface area contributed by atoms with Crippen molar-refractivity contribution in [3.05, 3.63) is 12.7 Å². The fraction of sp³-hybridized carbons (Fsp3) is 0.600. The standard InChI is InChI=1S/C10H16N2OS2/c1-4-7(2)12-9(13)8(5-6-15-3)11-10(12)14/h4,7-8H,1,5-6H2,2-3H3,(H,11,14)/t7?,8-/m0/s1. The molecule has 15 heavy (non-hydrogen) atoms. The zero-order valence-electron chi connectivity index (χ0n) is 9.03. The largest absolute Gasteiger partial charge is 0.350 e. The summed E-state index contributed by atoms with van der Waals surface area (Å²) in [5.41, 5.74) is 0. The van der Waals surface area contributed by atoms with E-state index in [0.717, 1.165) is 12.2 Å². The summed E-state index contributed by atoms with van der Waals surface area (Å²) in [6, 6.07) is -0.177. The van der Waals surface area contributed by atoms with Crippen LogP contribution in [0.3, 0.4) is 0 Å². The molecular weight excluding hydrogens is 228 g/mol. The van der Waals surface area contributed by atoms with Crippen LogP contribution in [-0.2, 0) is 4.79 Å². The second-order valence-electron chi connectivity index (χ2n) is 3.47. The molecule has 3 nitrogen and oxygen atoms in total. The van der Waals surface area contributed by atoms with Gasteiger partial charge in [0.25, 0.3) is 5.91 Å². The SMILES string of the molecule is C=CC(C)N1C(=O)[C@H](CCSC)NC1=S. The summed E-state index contributed by atoms with van der Waals surface area (Å²) in [6.45, 7) is 5.59. The maximum absolute atomic E-state index is 11.9. The molecule has 0 aromatic heterocycles. The first kappa shape index (κ1) is 12.5. The van der Waals surface area contributed by atoms with Crippen LogP contribution in [0, 0.1) is 0 Å². The van der Waals surface area contributed by atoms with Crippen molar-refractivity contribution >= 4 is 35.0 Å². The first-order valence-electron chi connectivity index (χ1n) is 4.87. The average Bonchev–Trinajstić information content (AvgIpc) is 2.50. The molecular formula is C10H16N2OS2. The number of thiocarbonyl (C=S) groups is 1. The number of nitrogens with zero attached hydrogens (tertiary/aromatic N) is 1. The third-order valence-electron chi connectivity index (χ3n) is 2.41. The number of hydrogen-bond acceptors (Lipinski definition) is 3. The zero-order chi connectivity index (χ0) is 11.4. The van der Waals surface area contributed by atoms with Crippen LogP contribution in [0.5, 0.6) is 0 Å². The van der Waals surface area contributed by atoms with Crippen LogP contribution in [0.1, 0.15) is 13.3 Å². The average molecular weight is 244 g/mol. The topological polar surface area (TPSA) is 32.3 Å². The number of carbonyl (C=O) groups is 1. The number of rotatable bonds is 5. The Morgan fingerprint density at radius 1 is 1.80 bits per heavy atom. The van der Waals surface area contributed by atoms with Gasteiger partial charge in [-0.3, -0.25) is 9.69 Å². The Morgan fingerprint density at radius 2 is 2.47 bits per heavy atom. The minimum Gasteiger partial charge on any atom is -0.350 e. The predicted molar refractivity (Wildman–Crippen MR) is 69.0 cm³/mol. The second-order valence-corrected chi connectivity index (χ2v) is 4.84. The number of amides is 1. The highest BCUT2D eigenvalue weighted by Gasteiger charge is 2.36. The molecule has 1 N–H and O–H groups in total. The van der Waals surface area contributed by atoms with Gasteiger partial charge in [0, 0.05) is 0 Å². The van der Waals surface area contributed by atoms with Crippen molar-refractivity contribution < 1.29 is 4.79 Å². The molecule has 0 saturated carbocycles. The minimum atomic E-state index is -0.146. The lowest BCUT2D eigenvalue weighted by Gasteiger charge is -2.19. The zero-order valence-corrected chi connectivity index (χ0v) is 10.7. The van der Waals surface area contributed by atoms with Crippen molar-refractivity contribution in [3.8, 4) is 0 Å². The summed E-state index contributed by atoms with van der Waals surface area (Å²) in [4.78, 5) is 13.5. The molecule has 1 amide bonds. The lowest BCUT2D eigenvalue weighted by Crippen LogP contribution is -2.37. The second kappa shape index (κ2) is 5.51. The maximum atomic E-state index is 11.9. The van der Waals surface area contributed by atoms with Crippen molar-refractivity contribution in [3.63, 3.8) is 0 Å². The van der Waals surface area contributed by atoms with E-state index in [0.29, 0.717) is 5.11 Å². The molecule has 1 saturated heterocycles. The third kappa shape index (κ3) is 2.72. The predicted octanol–water partition coefficient (Wildman–Crippen LogP) is 1.40. The molecule has 0 spiro atoms. The van der Waals surface area contributed by atoms with Gasteiger partial charge in [-0.05, 0) is 37.6 Å². The minimum absolute atomic E-state index is 0.0308. The van der Waals surface area contributed by atoms with E-state index in [-0.39, 0.29) is 18.0 Å². The van der Waals surface area contributed by atoms with Crippen LogP contribution in [0.25, 0.3) is 0 Å². The van der Waals surface area contributed by atoms with E-state index in [1.807, 2.05) is 13.2 Å². The molecule has 5 heteroatoms. The molecule has 84 valence electrons. The van der Waals surface area contributed by atoms with E-state index in [1.165, 1.54) is 0 Å². The van der Waals surface area contributed by atoms with E-state index in [4.69, 9.17) is 12.2 Å². The van der Waals surface area contributed by atoms with Crippen molar-refractivity contribution in [1.29, 1.82) is 0 Å². The van der Waals surface area contributed by atoms with E-state index in [2.05, 4.69) is 11.9 Å². The highest BCUT2D eigenvalue weighted by atomic mass is 32.2. The highest BCUT2D eigenvalue weighted by molar-refractivity contribution is 7.98. The lowest BCUT2D eigenvalue weighted by molar-refractivity contribution is -0.127. The van der Waals surface area contributed by atoms with Crippen molar-refractivity contribution in [2.75, 3.05) is 12.0 Å². The normalized spacial score (nSPS) is 22.8. The molecule has 1 unspecified atom stereocenters. The van der Waals surface area contributed by atoms with Crippen LogP contribution in [0.2, 0.25) is 0 Å². The monoisotopic (exact) mass is 244 g/mol. The van der Waals surface area contributed by atoms with Gasteiger partial charge in [0.2, 0.25) is 0 Å². The molecule has 1 fully saturated rings. The quantitative estimate of drug-likeness (QED) is 0.585. The number of nitrogens with one attached hydrogen (secondary N) is 1. The van der Waals surface area contributed by atoms with E-state index < -0.39 is 0 Å². The van der Waals surface area contributed by atoms with Crippen LogP contribution < -0.4 is 5.32 Å². The summed E-state index contributed by atoms with van der Waals surface area (Å²) in [5, 5.41) is 3.58. The Morgan fingerprint density at radius 3 is 3.00 bits per heavy atom. The molecule has 1 aliphatic rings. The van der Waals surface area contributed by atoms with Crippen molar-refractivity contribution in [1.82, 2.24) is 10.2 Å². The van der Waals surface area contributed by atoms with Crippen LogP contribution in [-0.4, -0.2) is 40.0 Å². The number of thioether (sulfide) groups is 1. The van der Waals surface area contributed by atoms with Gasteiger partial charge >= 0.3 is 0 Å². The maximum Gasteiger partial charge on any atom is 0.251 e. The third-order valence-corrected chi connectivity index (χ3v) is 3.37. The van der Waals surface area contributed by atoms with Gasteiger partial charge in [-0.15, -0.1) is 6.58 Å². The van der Waals surface area contributed by atoms with E-state index >= 15 is 0 Å². The molecule has 0 aromatic carbocycles. The Labute approximate surface area is 100 Å². The Bertz CT molecular complexity index is 281. The Kier molecular flexibility index (Phi) is 4.60. The van der Waals surface area contributed by atoms with Gasteiger partial charge < -0.3 is 5.32 Å². The van der Waals surface area contributed by atoms with Crippen molar-refractivity contribution in [2.24, 2.45) is 0 Å². The van der Waals surface area contributed by atoms with Gasteiger partial charge in [0.05, 0.1) is 6.04 Å². The van der Waals surface area contributed by atoms with Gasteiger partial charge in [0.1, 0.15) is 6.04 Å². The molecule has 2 atom stereocenters. The Balaban J connectivity index is 2.66. The first-order valence-corrected chi connectivity index (χ1v) is 6.67. The smallest absolute Gasteiger partial charge is 0.251 e. The molecule has 0 aromatic rings. The fourth-order valence-corrected chi connectivity index (χ4v) is 2.34. The van der Waals surface area contributed by atoms with Gasteiger partial charge in [0.15, 0.2) is 5.11 Å². The van der Waals surface area contributed by atoms with E-state index in [1.54, 1.807) is 22.7 Å². The molecule has 1 rings (SSSR count). The van der Waals surface area contributed by atoms with Crippen LogP contribution >= 0.6 is 24.0 Å². The number of hydrogen-bond donors (Lipinski definition) is 1. The summed E-state index contributed by atoms with van der Waals surface area (Å²) in [6.07, 6.45) is 4.57. The van der Waals surface area contributed by atoms with Gasteiger partial charge in [-0.1, -0.05) is 6.08 Å². The number of carbonyl (C=O) groups excluding carboxylic acids is 1. The van der Waals surface area contributed by atoms with Gasteiger partial charge in [-0.2, -0.15) is 11.8 Å². The summed E-state index contributed by atoms with van der Waals surface area (Å²) in [5.74, 6) is 1.03. The first-order chi connectivity index (χ1) is 7.11. The molecule has 1 heterocycles. The summed E-state index contributed by atoms with van der Waals surface area (Å²) < 4.78 is 0. The van der Waals surface area contributed by atoms with E-state index in [9.17, 15) is 4.79 Å². The highest BCUT2D eigenvalue weighted by Crippen LogP contribution is 2.15. The van der Waals surface area contributed by atoms with Crippen LogP contribution in [0.15, 0.2) is 12.7 Å². The Hall–Kier alpha value is -0.550. The summed E-state index contributed by atoms with van der Waals surface area (Å²) >= 11 is 6.86. The molecule has 0 bridgehead atoms. The molecule has 0 radical (unpaired) electrons. The summed E-state index contributed by atoms with van der Waals surface area (Å²) in [7, 11) is 0. The molecule has 1 aliphatic heterocycles. The van der Waals surface area contributed by atoms with Gasteiger partial charge in [-0.25, -0.2) is 0 Å². The van der Waals surface area contributed by atoms with Crippen LogP contribution in [0.4, 0.5) is 0 Å². The molecule has 0 aliphatic carbocycles. The fourth-order valence-electron chi connectivity index (χ4n) is 1.47. The lowest BCUT2D eigenvalue weighted by atomic mass is 10.2. The van der Waals surface area contributed by atoms with Crippen molar-refractivity contribution in [2.45, 2.75) is 25.4 Å².